The molecule has 1 amide bonds. The molecule has 4 aromatic carbocycles. The SMILES string of the molecule is CN(CCO)c1cc2sc(/C=C(\C#N)c3nc4ccccc4s3)cc2s1.CN(CCO)c1cc2sc(C=O)cc2s1.CN(CCOC(=O)NCc1ccc(COc2nc(N)nc3nc[nH]c23)cc1)c1cc2sc(/C=C(\C#N)c3nc4ccccc4s3)cc2s1.NCc1ccc(COc2nc(N)nc3nc[nH]c23)cc1. The van der Waals surface area contributed by atoms with Crippen LogP contribution in [0, 0.1) is 22.7 Å². The minimum absolute atomic E-state index is 0.0902. The summed E-state index contributed by atoms with van der Waals surface area (Å²) in [5.41, 5.74) is 26.0. The molecule has 0 saturated carbocycles. The van der Waals surface area contributed by atoms with E-state index in [0.717, 1.165) is 107 Å². The number of nitrogen functional groups attached to an aromatic ring is 2. The van der Waals surface area contributed by atoms with Crippen LogP contribution in [0.25, 0.3) is 94.3 Å². The number of carbonyl (C=O) groups excluding carboxylic acids is 2. The lowest BCUT2D eigenvalue weighted by Crippen LogP contribution is -2.28. The van der Waals surface area contributed by atoms with Crippen LogP contribution >= 0.6 is 90.7 Å². The average Bonchev–Trinajstić information content (AvgIpc) is 1.59. The van der Waals surface area contributed by atoms with Crippen LogP contribution in [0.5, 0.6) is 11.8 Å². The number of nitrogens with zero attached hydrogens (tertiary/aromatic N) is 13. The number of alkyl carbamates (subject to hydrolysis) is 1. The van der Waals surface area contributed by atoms with Crippen LogP contribution in [0.1, 0.15) is 51.7 Å². The third kappa shape index (κ3) is 19.0. The number of rotatable bonds is 24. The van der Waals surface area contributed by atoms with E-state index in [0.29, 0.717) is 84.6 Å². The number of aromatic nitrogens is 10. The molecule has 0 aliphatic carbocycles. The number of likely N-dealkylation sites (N-methyl/N-ethyl adjacent to an activating group) is 3. The lowest BCUT2D eigenvalue weighted by Gasteiger charge is -2.16. The molecule has 0 unspecified atom stereocenters. The van der Waals surface area contributed by atoms with Crippen LogP contribution in [0.15, 0.2) is 146 Å². The number of imidazole rings is 2. The number of carbonyl (C=O) groups is 2. The van der Waals surface area contributed by atoms with Gasteiger partial charge in [0.15, 0.2) is 17.6 Å². The van der Waals surface area contributed by atoms with Gasteiger partial charge in [-0.05, 0) is 95.1 Å². The number of thiophene rings is 6. The normalized spacial score (nSPS) is 11.4. The van der Waals surface area contributed by atoms with Gasteiger partial charge in [-0.25, -0.2) is 24.7 Å². The number of fused-ring (bicyclic) bond motifs is 7. The number of aliphatic hydroxyl groups is 2. The zero-order valence-electron chi connectivity index (χ0n) is 58.4. The van der Waals surface area contributed by atoms with Crippen molar-refractivity contribution in [3.8, 4) is 23.9 Å². The summed E-state index contributed by atoms with van der Waals surface area (Å²) in [6.45, 7) is 3.85. The van der Waals surface area contributed by atoms with Gasteiger partial charge < -0.3 is 71.6 Å². The van der Waals surface area contributed by atoms with Gasteiger partial charge >= 0.3 is 6.09 Å². The third-order valence-electron chi connectivity index (χ3n) is 16.3. The number of hydrogen-bond acceptors (Lipinski definition) is 31. The fraction of sp³-hybridized carbons (Fsp3) is 0.173. The molecule has 0 saturated heterocycles. The first-order valence-electron chi connectivity index (χ1n) is 33.4. The second-order valence-corrected chi connectivity index (χ2v) is 32.5. The summed E-state index contributed by atoms with van der Waals surface area (Å²) >= 11 is 12.9. The van der Waals surface area contributed by atoms with Crippen LogP contribution < -0.4 is 46.7 Å². The highest BCUT2D eigenvalue weighted by molar-refractivity contribution is 7.31. The number of allylic oxidation sites excluding steroid dienone is 2. The van der Waals surface area contributed by atoms with Gasteiger partial charge in [-0.15, -0.1) is 90.7 Å². The first kappa shape index (κ1) is 75.8. The fourth-order valence-electron chi connectivity index (χ4n) is 10.6. The largest absolute Gasteiger partial charge is 0.471 e. The number of aliphatic hydroxyl groups excluding tert-OH is 2. The summed E-state index contributed by atoms with van der Waals surface area (Å²) in [5, 5.41) is 44.9. The highest BCUT2D eigenvalue weighted by atomic mass is 32.1. The van der Waals surface area contributed by atoms with E-state index in [1.807, 2.05) is 141 Å². The molecule has 26 nitrogen and oxygen atoms in total. The molecule has 0 aliphatic heterocycles. The lowest BCUT2D eigenvalue weighted by atomic mass is 10.1. The Morgan fingerprint density at radius 3 is 1.36 bits per heavy atom. The first-order valence-corrected chi connectivity index (χ1v) is 39.9. The Kier molecular flexibility index (Phi) is 24.7. The minimum Gasteiger partial charge on any atom is -0.471 e. The molecule has 552 valence electrons. The summed E-state index contributed by atoms with van der Waals surface area (Å²) in [5.74, 6) is 0.959. The number of aromatic amines is 2. The van der Waals surface area contributed by atoms with E-state index in [1.165, 1.54) is 44.7 Å². The topological polar surface area (TPSA) is 384 Å². The number of hydrogen-bond donors (Lipinski definition) is 8. The van der Waals surface area contributed by atoms with Crippen LogP contribution in [-0.2, 0) is 31.0 Å². The number of nitriles is 2. The molecule has 11 N–H and O–H groups in total. The van der Waals surface area contributed by atoms with Crippen molar-refractivity contribution in [2.24, 2.45) is 5.73 Å². The summed E-state index contributed by atoms with van der Waals surface area (Å²) in [6, 6.07) is 48.4. The van der Waals surface area contributed by atoms with Crippen molar-refractivity contribution in [2.75, 3.05) is 86.8 Å². The standard InChI is InChI=1S/C33H27N9O3S3.C19H15N3OS3.C13H14N6O.C10H11NO2S2/c1-42(27-14-26-25(47-27)13-22(46-26)12-21(15-34)31-39-23-4-2-3-5-24(23)48-31)10-11-44-33(43)36-16-19-6-8-20(9-7-19)17-45-30-28-29(38-18-37-28)40-32(35)41-30;1-22(6-7-23)18-10-17-16(25-18)9-13(24-17)8-12(11-20)19-21-14-4-2-3-5-15(14)26-19;14-5-8-1-3-9(4-2-8)6-20-12-10-11(17-7-16-10)18-13(15)19-12;1-11(2-3-12)10-5-9-8(15-10)4-7(6-13)14-9/h2-9,12-14,18H,10-11,16-17H2,1H3,(H,36,43)(H3,35,37,38,40,41);2-5,8-10,23H,6-7H2,1H3;1-4,7H,5-6,14H2,(H3,15,16,17,18,19);4-6,12H,2-3H2,1H3/b21-12+;12-8+;;. The van der Waals surface area contributed by atoms with Gasteiger partial charge in [0.05, 0.1) is 83.9 Å². The van der Waals surface area contributed by atoms with E-state index in [2.05, 4.69) is 107 Å². The van der Waals surface area contributed by atoms with Crippen molar-refractivity contribution in [1.29, 1.82) is 10.5 Å². The highest BCUT2D eigenvalue weighted by Gasteiger charge is 2.18. The van der Waals surface area contributed by atoms with Gasteiger partial charge in [0.2, 0.25) is 23.7 Å². The number of ether oxygens (including phenoxy) is 3. The zero-order chi connectivity index (χ0) is 75.9. The number of H-pyrrole nitrogens is 2. The van der Waals surface area contributed by atoms with Crippen molar-refractivity contribution >= 4 is 224 Å². The summed E-state index contributed by atoms with van der Waals surface area (Å²) in [6.07, 6.45) is 7.27. The molecule has 16 aromatic rings. The van der Waals surface area contributed by atoms with E-state index in [1.54, 1.807) is 68.0 Å². The quantitative estimate of drug-likeness (QED) is 0.0206. The van der Waals surface area contributed by atoms with E-state index in [4.69, 9.17) is 41.6 Å². The van der Waals surface area contributed by atoms with E-state index < -0.39 is 6.09 Å². The van der Waals surface area contributed by atoms with Crippen molar-refractivity contribution < 1.29 is 34.0 Å². The molecule has 0 radical (unpaired) electrons. The molecule has 0 aliphatic rings. The Labute approximate surface area is 654 Å². The Bertz CT molecular complexity index is 5830. The number of benzene rings is 4. The molecule has 16 rings (SSSR count). The molecule has 12 heterocycles. The fourth-order valence-corrected chi connectivity index (χ4v) is 19.4. The predicted molar refractivity (Wildman–Crippen MR) is 445 cm³/mol. The van der Waals surface area contributed by atoms with Crippen molar-refractivity contribution in [1.82, 2.24) is 55.2 Å². The summed E-state index contributed by atoms with van der Waals surface area (Å²) in [4.78, 5) is 71.4. The third-order valence-corrected chi connectivity index (χ3v) is 25.5. The summed E-state index contributed by atoms with van der Waals surface area (Å²) in [7, 11) is 5.90. The van der Waals surface area contributed by atoms with Gasteiger partial charge in [-0.3, -0.25) is 4.79 Å². The van der Waals surface area contributed by atoms with Crippen LogP contribution in [0.2, 0.25) is 0 Å². The Hall–Kier alpha value is -11.4. The molecule has 0 fully saturated rings. The van der Waals surface area contributed by atoms with Crippen molar-refractivity contribution in [2.45, 2.75) is 26.3 Å². The van der Waals surface area contributed by atoms with E-state index >= 15 is 0 Å². The maximum atomic E-state index is 12.3. The molecular weight excluding hydrogens is 1540 g/mol. The first-order chi connectivity index (χ1) is 53.1. The maximum Gasteiger partial charge on any atom is 0.407 e. The molecule has 0 atom stereocenters. The molecule has 12 aromatic heterocycles. The molecule has 0 spiro atoms. The Morgan fingerprint density at radius 1 is 0.523 bits per heavy atom. The van der Waals surface area contributed by atoms with Crippen molar-refractivity contribution in [3.05, 3.63) is 193 Å². The Morgan fingerprint density at radius 2 is 0.936 bits per heavy atom. The smallest absolute Gasteiger partial charge is 0.407 e. The van der Waals surface area contributed by atoms with Crippen LogP contribution in [-0.4, -0.2) is 133 Å². The summed E-state index contributed by atoms with van der Waals surface area (Å²) < 4.78 is 26.0. The molecule has 34 heteroatoms. The van der Waals surface area contributed by atoms with E-state index in [9.17, 15) is 20.1 Å². The van der Waals surface area contributed by atoms with Crippen molar-refractivity contribution in [3.63, 3.8) is 0 Å². The molecular formula is C75H67N19O7S8. The number of para-hydroxylation sites is 2. The van der Waals surface area contributed by atoms with Gasteiger partial charge in [0.1, 0.15) is 53.0 Å². The second kappa shape index (κ2) is 35.6. The number of thiazole rings is 2. The predicted octanol–water partition coefficient (Wildman–Crippen LogP) is 15.1. The lowest BCUT2D eigenvalue weighted by molar-refractivity contribution is 0.112. The van der Waals surface area contributed by atoms with Crippen LogP contribution in [0.3, 0.4) is 0 Å². The second-order valence-electron chi connectivity index (χ2n) is 23.9. The number of amides is 1. The number of anilines is 5. The highest BCUT2D eigenvalue weighted by Crippen LogP contribution is 2.42. The number of aldehydes is 1. The van der Waals surface area contributed by atoms with Gasteiger partial charge in [0.25, 0.3) is 0 Å². The van der Waals surface area contributed by atoms with Gasteiger partial charge in [-0.1, -0.05) is 72.8 Å². The van der Waals surface area contributed by atoms with E-state index in [-0.39, 0.29) is 38.3 Å². The number of nitrogens with one attached hydrogen (secondary N) is 3. The zero-order valence-corrected chi connectivity index (χ0v) is 64.9. The average molecular weight is 1600 g/mol. The van der Waals surface area contributed by atoms with Crippen LogP contribution in [0.4, 0.5) is 31.7 Å². The Balaban J connectivity index is 0.000000143. The molecule has 109 heavy (non-hydrogen) atoms. The monoisotopic (exact) mass is 1600 g/mol. The van der Waals surface area contributed by atoms with Gasteiger partial charge in [-0.2, -0.15) is 30.5 Å². The van der Waals surface area contributed by atoms with Gasteiger partial charge in [0, 0.05) is 85.3 Å². The minimum atomic E-state index is -0.481. The maximum absolute atomic E-state index is 12.3. The number of nitrogens with two attached hydrogens (primary N) is 3. The molecule has 0 bridgehead atoms.